The van der Waals surface area contributed by atoms with Crippen molar-refractivity contribution >= 4 is 0 Å². The monoisotopic (exact) mass is 274 g/mol. The molecule has 1 aromatic heterocycles. The molecule has 0 radical (unpaired) electrons. The quantitative estimate of drug-likeness (QED) is 0.640. The Morgan fingerprint density at radius 3 is 2.35 bits per heavy atom. The lowest BCUT2D eigenvalue weighted by Gasteiger charge is -2.57. The normalized spacial score (nSPS) is 40.1. The number of nitrogens with one attached hydrogen (secondary N) is 1. The van der Waals surface area contributed by atoms with Gasteiger partial charge in [-0.25, -0.2) is 0 Å². The summed E-state index contributed by atoms with van der Waals surface area (Å²) in [5.74, 6) is 9.93. The zero-order chi connectivity index (χ0) is 13.6. The van der Waals surface area contributed by atoms with Gasteiger partial charge in [-0.2, -0.15) is 0 Å². The van der Waals surface area contributed by atoms with E-state index in [2.05, 4.69) is 11.5 Å². The van der Waals surface area contributed by atoms with Gasteiger partial charge in [-0.05, 0) is 80.2 Å². The maximum atomic E-state index is 5.83. The van der Waals surface area contributed by atoms with Gasteiger partial charge < -0.3 is 4.42 Å². The molecule has 4 fully saturated rings. The molecule has 0 aromatic carbocycles. The number of rotatable bonds is 5. The Labute approximate surface area is 121 Å². The summed E-state index contributed by atoms with van der Waals surface area (Å²) in [6.45, 7) is 0. The van der Waals surface area contributed by atoms with Crippen LogP contribution in [0.5, 0.6) is 0 Å². The largest absolute Gasteiger partial charge is 0.469 e. The van der Waals surface area contributed by atoms with E-state index in [1.54, 1.807) is 6.26 Å². The third-order valence-corrected chi connectivity index (χ3v) is 6.11. The Bertz CT molecular complexity index is 418. The second-order valence-corrected chi connectivity index (χ2v) is 7.77. The molecule has 4 aliphatic rings. The van der Waals surface area contributed by atoms with E-state index in [0.717, 1.165) is 29.9 Å². The lowest BCUT2D eigenvalue weighted by molar-refractivity contribution is -0.0621. The van der Waals surface area contributed by atoms with Crippen LogP contribution in [0.15, 0.2) is 22.8 Å². The maximum Gasteiger partial charge on any atom is 0.105 e. The van der Waals surface area contributed by atoms with Gasteiger partial charge >= 0.3 is 0 Å². The molecule has 1 atom stereocenters. The van der Waals surface area contributed by atoms with Crippen LogP contribution in [-0.2, 0) is 6.42 Å². The summed E-state index contributed by atoms with van der Waals surface area (Å²) in [5, 5.41) is 0. The van der Waals surface area contributed by atoms with Crippen molar-refractivity contribution in [1.82, 2.24) is 5.43 Å². The molecule has 3 heteroatoms. The van der Waals surface area contributed by atoms with Crippen molar-refractivity contribution in [2.24, 2.45) is 29.0 Å². The van der Waals surface area contributed by atoms with Crippen molar-refractivity contribution in [3.63, 3.8) is 0 Å². The first-order valence-corrected chi connectivity index (χ1v) is 8.23. The molecule has 3 nitrogen and oxygen atoms in total. The first kappa shape index (κ1) is 12.9. The van der Waals surface area contributed by atoms with Crippen molar-refractivity contribution < 1.29 is 4.42 Å². The first-order chi connectivity index (χ1) is 9.75. The molecular formula is C17H26N2O. The van der Waals surface area contributed by atoms with Crippen molar-refractivity contribution in [2.75, 3.05) is 0 Å². The van der Waals surface area contributed by atoms with Gasteiger partial charge in [-0.1, -0.05) is 0 Å². The van der Waals surface area contributed by atoms with Crippen LogP contribution in [0.2, 0.25) is 0 Å². The van der Waals surface area contributed by atoms with Gasteiger partial charge in [0.15, 0.2) is 0 Å². The number of hydrazine groups is 1. The standard InChI is InChI=1S/C17H26N2O/c18-19-15(7-16-2-1-3-20-16)11-17-8-12-4-13(9-17)6-14(5-12)10-17/h1-3,12-15,19H,4-11,18H2. The van der Waals surface area contributed by atoms with Crippen LogP contribution in [0.25, 0.3) is 0 Å². The van der Waals surface area contributed by atoms with Crippen LogP contribution < -0.4 is 11.3 Å². The van der Waals surface area contributed by atoms with E-state index in [1.807, 2.05) is 6.07 Å². The van der Waals surface area contributed by atoms with Crippen molar-refractivity contribution in [1.29, 1.82) is 0 Å². The van der Waals surface area contributed by atoms with Gasteiger partial charge in [0, 0.05) is 12.5 Å². The van der Waals surface area contributed by atoms with Crippen LogP contribution in [0, 0.1) is 23.2 Å². The van der Waals surface area contributed by atoms with Crippen LogP contribution in [0.3, 0.4) is 0 Å². The summed E-state index contributed by atoms with van der Waals surface area (Å²) >= 11 is 0. The molecular weight excluding hydrogens is 248 g/mol. The van der Waals surface area contributed by atoms with Gasteiger partial charge in [0.2, 0.25) is 0 Å². The maximum absolute atomic E-state index is 5.83. The summed E-state index contributed by atoms with van der Waals surface area (Å²) in [5.41, 5.74) is 3.64. The molecule has 0 saturated heterocycles. The third-order valence-electron chi connectivity index (χ3n) is 6.11. The van der Waals surface area contributed by atoms with E-state index in [4.69, 9.17) is 10.3 Å². The summed E-state index contributed by atoms with van der Waals surface area (Å²) in [6, 6.07) is 4.38. The van der Waals surface area contributed by atoms with Gasteiger partial charge in [0.05, 0.1) is 6.26 Å². The minimum absolute atomic E-state index is 0.359. The highest BCUT2D eigenvalue weighted by atomic mass is 16.3. The topological polar surface area (TPSA) is 51.2 Å². The molecule has 20 heavy (non-hydrogen) atoms. The highest BCUT2D eigenvalue weighted by Gasteiger charge is 2.51. The van der Waals surface area contributed by atoms with Crippen LogP contribution in [0.1, 0.15) is 50.7 Å². The highest BCUT2D eigenvalue weighted by molar-refractivity contribution is 5.05. The number of hydrogen-bond acceptors (Lipinski definition) is 3. The summed E-state index contributed by atoms with van der Waals surface area (Å²) in [6.07, 6.45) is 12.8. The van der Waals surface area contributed by atoms with Gasteiger partial charge in [0.1, 0.15) is 5.76 Å². The Morgan fingerprint density at radius 1 is 1.20 bits per heavy atom. The number of furan rings is 1. The number of nitrogens with two attached hydrogens (primary N) is 1. The van der Waals surface area contributed by atoms with E-state index < -0.39 is 0 Å². The fourth-order valence-corrected chi connectivity index (χ4v) is 5.92. The fraction of sp³-hybridized carbons (Fsp3) is 0.765. The molecule has 4 saturated carbocycles. The predicted molar refractivity (Wildman–Crippen MR) is 78.7 cm³/mol. The Hall–Kier alpha value is -0.800. The lowest BCUT2D eigenvalue weighted by atomic mass is 9.48. The minimum Gasteiger partial charge on any atom is -0.469 e. The second-order valence-electron chi connectivity index (χ2n) is 7.77. The van der Waals surface area contributed by atoms with E-state index >= 15 is 0 Å². The van der Waals surface area contributed by atoms with Crippen molar-refractivity contribution in [3.05, 3.63) is 24.2 Å². The fourth-order valence-electron chi connectivity index (χ4n) is 5.92. The number of hydrogen-bond donors (Lipinski definition) is 2. The molecule has 4 bridgehead atoms. The molecule has 0 spiro atoms. The molecule has 1 heterocycles. The van der Waals surface area contributed by atoms with Gasteiger partial charge in [-0.3, -0.25) is 11.3 Å². The summed E-state index contributed by atoms with van der Waals surface area (Å²) < 4.78 is 5.49. The summed E-state index contributed by atoms with van der Waals surface area (Å²) in [4.78, 5) is 0. The highest BCUT2D eigenvalue weighted by Crippen LogP contribution is 2.61. The van der Waals surface area contributed by atoms with E-state index in [-0.39, 0.29) is 0 Å². The predicted octanol–water partition coefficient (Wildman–Crippen LogP) is 3.26. The zero-order valence-corrected chi connectivity index (χ0v) is 12.2. The third kappa shape index (κ3) is 2.31. The van der Waals surface area contributed by atoms with Gasteiger partial charge in [0.25, 0.3) is 0 Å². The minimum atomic E-state index is 0.359. The van der Waals surface area contributed by atoms with E-state index in [0.29, 0.717) is 11.5 Å². The molecule has 1 unspecified atom stereocenters. The van der Waals surface area contributed by atoms with Crippen LogP contribution in [0.4, 0.5) is 0 Å². The first-order valence-electron chi connectivity index (χ1n) is 8.23. The smallest absolute Gasteiger partial charge is 0.105 e. The van der Waals surface area contributed by atoms with Gasteiger partial charge in [-0.15, -0.1) is 0 Å². The Kier molecular flexibility index (Phi) is 3.15. The lowest BCUT2D eigenvalue weighted by Crippen LogP contribution is -2.50. The van der Waals surface area contributed by atoms with Crippen LogP contribution in [-0.4, -0.2) is 6.04 Å². The van der Waals surface area contributed by atoms with E-state index in [1.165, 1.54) is 44.9 Å². The second kappa shape index (κ2) is 4.88. The SMILES string of the molecule is NNC(Cc1ccco1)CC12CC3CC(CC(C3)C1)C2. The zero-order valence-electron chi connectivity index (χ0n) is 12.2. The Balaban J connectivity index is 1.46. The molecule has 4 aliphatic carbocycles. The summed E-state index contributed by atoms with van der Waals surface area (Å²) in [7, 11) is 0. The van der Waals surface area contributed by atoms with Crippen molar-refractivity contribution in [2.45, 2.75) is 57.4 Å². The van der Waals surface area contributed by atoms with Crippen molar-refractivity contribution in [3.8, 4) is 0 Å². The Morgan fingerprint density at radius 2 is 1.85 bits per heavy atom. The average molecular weight is 274 g/mol. The molecule has 110 valence electrons. The molecule has 1 aromatic rings. The average Bonchev–Trinajstić information content (AvgIpc) is 2.89. The molecule has 5 rings (SSSR count). The molecule has 0 aliphatic heterocycles. The molecule has 0 amide bonds. The molecule has 3 N–H and O–H groups in total. The van der Waals surface area contributed by atoms with Crippen LogP contribution >= 0.6 is 0 Å². The van der Waals surface area contributed by atoms with E-state index in [9.17, 15) is 0 Å².